The third kappa shape index (κ3) is 4.69. The van der Waals surface area contributed by atoms with Crippen molar-refractivity contribution in [3.8, 4) is 0 Å². The summed E-state index contributed by atoms with van der Waals surface area (Å²) in [6.45, 7) is 0.0487. The average molecular weight is 515 g/mol. The Morgan fingerprint density at radius 3 is 2.18 bits per heavy atom. The van der Waals surface area contributed by atoms with Crippen molar-refractivity contribution in [1.82, 2.24) is 9.59 Å². The molecule has 2 atom stereocenters. The molecule has 1 aliphatic rings. The first-order chi connectivity index (χ1) is 16.0. The van der Waals surface area contributed by atoms with Gasteiger partial charge in [0.1, 0.15) is 5.82 Å². The second-order valence-corrected chi connectivity index (χ2v) is 9.91. The van der Waals surface area contributed by atoms with Gasteiger partial charge in [0, 0.05) is 10.9 Å². The minimum Gasteiger partial charge on any atom is -0.286 e. The van der Waals surface area contributed by atoms with Crippen molar-refractivity contribution in [3.63, 3.8) is 0 Å². The first-order valence-electron chi connectivity index (χ1n) is 10.1. The van der Waals surface area contributed by atoms with Gasteiger partial charge in [0.2, 0.25) is 0 Å². The number of alkyl halides is 3. The van der Waals surface area contributed by atoms with Gasteiger partial charge in [0.05, 0.1) is 30.2 Å². The zero-order chi connectivity index (χ0) is 24.7. The van der Waals surface area contributed by atoms with Crippen LogP contribution < -0.4 is 0 Å². The molecule has 1 heterocycles. The number of hydroxylamine groups is 1. The maximum absolute atomic E-state index is 14.0. The predicted octanol–water partition coefficient (Wildman–Crippen LogP) is 5.81. The fraction of sp³-hybridized carbons (Fsp3) is 0.217. The lowest BCUT2D eigenvalue weighted by atomic mass is 9.88. The van der Waals surface area contributed by atoms with Gasteiger partial charge in [-0.15, -0.1) is 5.17 Å². The van der Waals surface area contributed by atoms with Crippen LogP contribution in [0.25, 0.3) is 0 Å². The second kappa shape index (κ2) is 9.27. The summed E-state index contributed by atoms with van der Waals surface area (Å²) in [6, 6.07) is 14.6. The summed E-state index contributed by atoms with van der Waals surface area (Å²) >= 11 is 6.01. The molecule has 0 aliphatic carbocycles. The van der Waals surface area contributed by atoms with Gasteiger partial charge in [0.15, 0.2) is 0 Å². The quantitative estimate of drug-likeness (QED) is 0.403. The largest absolute Gasteiger partial charge is 0.416 e. The van der Waals surface area contributed by atoms with Gasteiger partial charge in [-0.2, -0.15) is 13.2 Å². The summed E-state index contributed by atoms with van der Waals surface area (Å²) in [4.78, 5) is 5.00. The number of halogens is 5. The molecule has 1 aliphatic heterocycles. The lowest BCUT2D eigenvalue weighted by molar-refractivity contribution is -0.212. The van der Waals surface area contributed by atoms with Crippen molar-refractivity contribution in [3.05, 3.63) is 100 Å². The zero-order valence-electron chi connectivity index (χ0n) is 17.7. The molecule has 0 bridgehead atoms. The monoisotopic (exact) mass is 514 g/mol. The highest BCUT2D eigenvalue weighted by Crippen LogP contribution is 2.46. The van der Waals surface area contributed by atoms with Crippen LogP contribution in [0.4, 0.5) is 17.6 Å². The Morgan fingerprint density at radius 2 is 1.62 bits per heavy atom. The fourth-order valence-corrected chi connectivity index (χ4v) is 5.80. The third-order valence-corrected chi connectivity index (χ3v) is 7.64. The van der Waals surface area contributed by atoms with E-state index in [2.05, 4.69) is 0 Å². The molecular formula is C23H19ClF4N2O3S. The van der Waals surface area contributed by atoms with Crippen LogP contribution in [0.2, 0.25) is 5.02 Å². The minimum atomic E-state index is -4.61. The lowest BCUT2D eigenvalue weighted by Crippen LogP contribution is -2.41. The van der Waals surface area contributed by atoms with Crippen LogP contribution in [-0.4, -0.2) is 31.7 Å². The highest BCUT2D eigenvalue weighted by Gasteiger charge is 2.49. The van der Waals surface area contributed by atoms with Crippen molar-refractivity contribution < 1.29 is 30.8 Å². The van der Waals surface area contributed by atoms with Crippen molar-refractivity contribution in [1.29, 1.82) is 0 Å². The molecule has 0 spiro atoms. The van der Waals surface area contributed by atoms with Gasteiger partial charge >= 0.3 is 6.18 Å². The number of hydrogen-bond donors (Lipinski definition) is 0. The molecule has 180 valence electrons. The molecule has 34 heavy (non-hydrogen) atoms. The standard InChI is InChI=1S/C23H19ClF4N2O3S/c1-33-29-14-21(16-3-2-4-19(25)13-16)22(15-5-9-18(24)10-6-15)30(29)34(31,32)20-11-7-17(8-12-20)23(26,27)28/h2-13,21-22H,14H2,1H3. The average Bonchev–Trinajstić information content (AvgIpc) is 3.20. The molecule has 0 aromatic heterocycles. The molecule has 3 aromatic carbocycles. The summed E-state index contributed by atoms with van der Waals surface area (Å²) in [5, 5.41) is 1.55. The zero-order valence-corrected chi connectivity index (χ0v) is 19.3. The SMILES string of the molecule is CON1CC(c2cccc(F)c2)C(c2ccc(Cl)cc2)N1S(=O)(=O)c1ccc(C(F)(F)F)cc1. The van der Waals surface area contributed by atoms with Gasteiger partial charge in [-0.1, -0.05) is 40.3 Å². The fourth-order valence-electron chi connectivity index (χ4n) is 4.03. The number of rotatable bonds is 5. The van der Waals surface area contributed by atoms with Crippen LogP contribution >= 0.6 is 11.6 Å². The number of benzene rings is 3. The van der Waals surface area contributed by atoms with Crippen LogP contribution in [-0.2, 0) is 21.0 Å². The van der Waals surface area contributed by atoms with Crippen molar-refractivity contribution in [2.75, 3.05) is 13.7 Å². The first kappa shape index (κ1) is 24.6. The molecule has 3 aromatic rings. The summed E-state index contributed by atoms with van der Waals surface area (Å²) in [5.41, 5.74) is 0.115. The van der Waals surface area contributed by atoms with E-state index in [9.17, 15) is 26.0 Å². The van der Waals surface area contributed by atoms with Gasteiger partial charge < -0.3 is 0 Å². The van der Waals surface area contributed by atoms with E-state index in [1.807, 2.05) is 0 Å². The minimum absolute atomic E-state index is 0.0487. The summed E-state index contributed by atoms with van der Waals surface area (Å²) < 4.78 is 81.3. The Labute approximate surface area is 199 Å². The normalized spacial score (nSPS) is 20.1. The van der Waals surface area contributed by atoms with E-state index in [4.69, 9.17) is 16.4 Å². The summed E-state index contributed by atoms with van der Waals surface area (Å²) in [5.74, 6) is -1.04. The van der Waals surface area contributed by atoms with E-state index in [1.165, 1.54) is 25.3 Å². The highest BCUT2D eigenvalue weighted by molar-refractivity contribution is 7.89. The van der Waals surface area contributed by atoms with E-state index < -0.39 is 39.5 Å². The molecule has 0 amide bonds. The molecule has 2 unspecified atom stereocenters. The molecule has 5 nitrogen and oxygen atoms in total. The molecule has 4 rings (SSSR count). The maximum atomic E-state index is 14.0. The number of sulfonamides is 1. The highest BCUT2D eigenvalue weighted by atomic mass is 35.5. The molecule has 1 fully saturated rings. The smallest absolute Gasteiger partial charge is 0.286 e. The number of nitrogens with zero attached hydrogens (tertiary/aromatic N) is 2. The maximum Gasteiger partial charge on any atom is 0.416 e. The van der Waals surface area contributed by atoms with Crippen LogP contribution in [0.3, 0.4) is 0 Å². The van der Waals surface area contributed by atoms with Crippen LogP contribution in [0.15, 0.2) is 77.7 Å². The van der Waals surface area contributed by atoms with E-state index in [0.717, 1.165) is 21.7 Å². The van der Waals surface area contributed by atoms with Gasteiger partial charge in [-0.25, -0.2) is 12.8 Å². The third-order valence-electron chi connectivity index (χ3n) is 5.62. The van der Waals surface area contributed by atoms with Gasteiger partial charge in [-0.3, -0.25) is 4.84 Å². The second-order valence-electron chi connectivity index (χ2n) is 7.67. The van der Waals surface area contributed by atoms with E-state index in [1.54, 1.807) is 30.3 Å². The Morgan fingerprint density at radius 1 is 0.971 bits per heavy atom. The van der Waals surface area contributed by atoms with Crippen LogP contribution in [0, 0.1) is 5.82 Å². The van der Waals surface area contributed by atoms with Crippen molar-refractivity contribution >= 4 is 21.6 Å². The number of hydrazine groups is 1. The van der Waals surface area contributed by atoms with Crippen LogP contribution in [0.1, 0.15) is 28.7 Å². The lowest BCUT2D eigenvalue weighted by Gasteiger charge is -2.30. The van der Waals surface area contributed by atoms with Crippen LogP contribution in [0.5, 0.6) is 0 Å². The van der Waals surface area contributed by atoms with E-state index in [-0.39, 0.29) is 11.4 Å². The predicted molar refractivity (Wildman–Crippen MR) is 118 cm³/mol. The molecule has 0 saturated carbocycles. The van der Waals surface area contributed by atoms with Crippen molar-refractivity contribution in [2.45, 2.75) is 23.0 Å². The molecule has 0 radical (unpaired) electrons. The van der Waals surface area contributed by atoms with E-state index in [0.29, 0.717) is 28.3 Å². The Hall–Kier alpha value is -2.50. The Bertz CT molecular complexity index is 1270. The summed E-state index contributed by atoms with van der Waals surface area (Å²) in [6.07, 6.45) is -4.61. The molecule has 1 saturated heterocycles. The Balaban J connectivity index is 1.84. The molecule has 11 heteroatoms. The van der Waals surface area contributed by atoms with Gasteiger partial charge in [-0.05, 0) is 59.7 Å². The van der Waals surface area contributed by atoms with Gasteiger partial charge in [0.25, 0.3) is 10.0 Å². The topological polar surface area (TPSA) is 49.9 Å². The van der Waals surface area contributed by atoms with Crippen molar-refractivity contribution in [2.24, 2.45) is 0 Å². The molecular weight excluding hydrogens is 496 g/mol. The Kier molecular flexibility index (Phi) is 6.71. The first-order valence-corrected chi connectivity index (χ1v) is 11.9. The molecule has 0 N–H and O–H groups in total. The number of hydrogen-bond acceptors (Lipinski definition) is 4. The summed E-state index contributed by atoms with van der Waals surface area (Å²) in [7, 11) is -3.10. The van der Waals surface area contributed by atoms with E-state index >= 15 is 0 Å².